The van der Waals surface area contributed by atoms with Gasteiger partial charge in [0.25, 0.3) is 0 Å². The van der Waals surface area contributed by atoms with Crippen LogP contribution in [-0.4, -0.2) is 63.7 Å². The molecule has 1 aromatic heterocycles. The zero-order valence-corrected chi connectivity index (χ0v) is 30.0. The molecule has 0 aliphatic carbocycles. The smallest absolute Gasteiger partial charge is 0.338 e. The minimum Gasteiger partial charge on any atom is -0.338 e. The molecule has 1 aliphatic rings. The van der Waals surface area contributed by atoms with Gasteiger partial charge in [-0.15, -0.1) is 0 Å². The van der Waals surface area contributed by atoms with E-state index in [1.54, 1.807) is 11.1 Å². The molecule has 4 aromatic carbocycles. The van der Waals surface area contributed by atoms with E-state index in [0.717, 1.165) is 41.1 Å². The van der Waals surface area contributed by atoms with Crippen LogP contribution in [0.15, 0.2) is 128 Å². The highest BCUT2D eigenvalue weighted by Gasteiger charge is 2.34. The third-order valence-electron chi connectivity index (χ3n) is 9.51. The van der Waals surface area contributed by atoms with Gasteiger partial charge < -0.3 is 9.80 Å². The lowest BCUT2D eigenvalue weighted by Gasteiger charge is -2.39. The number of nitrogens with zero attached hydrogens (tertiary/aromatic N) is 4. The number of hydrogen-bond donors (Lipinski definition) is 0. The lowest BCUT2D eigenvalue weighted by Crippen LogP contribution is -2.56. The van der Waals surface area contributed by atoms with Crippen LogP contribution in [0.1, 0.15) is 38.9 Å². The van der Waals surface area contributed by atoms with E-state index in [4.69, 9.17) is 0 Å². The Morgan fingerprint density at radius 3 is 2.06 bits per heavy atom. The molecule has 2 amide bonds. The second-order valence-electron chi connectivity index (χ2n) is 13.6. The van der Waals surface area contributed by atoms with Crippen LogP contribution in [0.2, 0.25) is 0 Å². The van der Waals surface area contributed by atoms with Crippen molar-refractivity contribution in [2.75, 3.05) is 26.2 Å². The molecule has 53 heavy (non-hydrogen) atoms. The fourth-order valence-electron chi connectivity index (χ4n) is 6.82. The Morgan fingerprint density at radius 1 is 0.774 bits per heavy atom. The van der Waals surface area contributed by atoms with Crippen molar-refractivity contribution in [3.8, 4) is 11.3 Å². The number of halogens is 3. The fourth-order valence-corrected chi connectivity index (χ4v) is 6.82. The molecule has 0 radical (unpaired) electrons. The molecule has 1 fully saturated rings. The molecule has 0 unspecified atom stereocenters. The molecule has 5 aromatic rings. The summed E-state index contributed by atoms with van der Waals surface area (Å²) in [6, 6.07) is 33.5. The molecule has 2 heterocycles. The first-order valence-corrected chi connectivity index (χ1v) is 17.8. The number of alkyl halides is 3. The monoisotopic (exact) mass is 716 g/mol. The van der Waals surface area contributed by atoms with Crippen LogP contribution in [0.4, 0.5) is 13.2 Å². The zero-order valence-electron chi connectivity index (χ0n) is 30.0. The maximum Gasteiger partial charge on any atom is 0.416 e. The molecule has 1 aliphatic heterocycles. The van der Waals surface area contributed by atoms with Crippen LogP contribution in [0.5, 0.6) is 0 Å². The average molecular weight is 717 g/mol. The van der Waals surface area contributed by atoms with Gasteiger partial charge in [-0.1, -0.05) is 102 Å². The van der Waals surface area contributed by atoms with Gasteiger partial charge in [0.2, 0.25) is 11.8 Å². The van der Waals surface area contributed by atoms with E-state index >= 15 is 0 Å². The van der Waals surface area contributed by atoms with Gasteiger partial charge in [0, 0.05) is 63.5 Å². The molecule has 0 N–H and O–H groups in total. The third kappa shape index (κ3) is 10.1. The molecule has 6 rings (SSSR count). The molecule has 1 atom stereocenters. The number of aromatic nitrogens is 1. The molecule has 6 nitrogen and oxygen atoms in total. The number of carbonyl (C=O) groups excluding carboxylic acids is 2. The SMILES string of the molecule is Cc1cc(C)cc(CN2CCN(C(=O)[C@H](Cc3ccccc3)N(Cc3ccc(-c4ccccn4)cc3)C(=O)/C=C/c3ccc(C(F)(F)F)cc3)CC2)c1. The number of pyridine rings is 1. The van der Waals surface area contributed by atoms with Gasteiger partial charge in [-0.25, -0.2) is 0 Å². The van der Waals surface area contributed by atoms with Crippen molar-refractivity contribution in [1.82, 2.24) is 19.7 Å². The van der Waals surface area contributed by atoms with Crippen LogP contribution < -0.4 is 0 Å². The molecule has 272 valence electrons. The number of amides is 2. The quantitative estimate of drug-likeness (QED) is 0.129. The van der Waals surface area contributed by atoms with E-state index in [9.17, 15) is 22.8 Å². The number of carbonyl (C=O) groups is 2. The van der Waals surface area contributed by atoms with Crippen molar-refractivity contribution in [2.45, 2.75) is 45.6 Å². The number of benzene rings is 4. The molecule has 0 spiro atoms. The van der Waals surface area contributed by atoms with Crippen molar-refractivity contribution < 1.29 is 22.8 Å². The van der Waals surface area contributed by atoms with Crippen LogP contribution in [0, 0.1) is 13.8 Å². The van der Waals surface area contributed by atoms with Crippen LogP contribution >= 0.6 is 0 Å². The normalized spacial score (nSPS) is 14.3. The van der Waals surface area contributed by atoms with Gasteiger partial charge >= 0.3 is 6.18 Å². The fraction of sp³-hybridized carbons (Fsp3) is 0.250. The predicted octanol–water partition coefficient (Wildman–Crippen LogP) is 8.38. The van der Waals surface area contributed by atoms with Crippen LogP contribution in [0.25, 0.3) is 17.3 Å². The van der Waals surface area contributed by atoms with Gasteiger partial charge in [0.1, 0.15) is 6.04 Å². The zero-order chi connectivity index (χ0) is 37.4. The molecule has 0 bridgehead atoms. The van der Waals surface area contributed by atoms with E-state index in [0.29, 0.717) is 38.2 Å². The van der Waals surface area contributed by atoms with Gasteiger partial charge in [0.15, 0.2) is 0 Å². The molecule has 0 saturated carbocycles. The lowest BCUT2D eigenvalue weighted by molar-refractivity contribution is -0.145. The van der Waals surface area contributed by atoms with Gasteiger partial charge in [-0.3, -0.25) is 19.5 Å². The number of piperazine rings is 1. The Balaban J connectivity index is 1.27. The topological polar surface area (TPSA) is 56.8 Å². The summed E-state index contributed by atoms with van der Waals surface area (Å²) in [6.45, 7) is 7.59. The summed E-state index contributed by atoms with van der Waals surface area (Å²) < 4.78 is 39.6. The average Bonchev–Trinajstić information content (AvgIpc) is 3.16. The highest BCUT2D eigenvalue weighted by molar-refractivity contribution is 5.95. The minimum absolute atomic E-state index is 0.138. The Bertz CT molecular complexity index is 1990. The van der Waals surface area contributed by atoms with Crippen molar-refractivity contribution in [3.63, 3.8) is 0 Å². The first-order chi connectivity index (χ1) is 25.5. The molecule has 1 saturated heterocycles. The van der Waals surface area contributed by atoms with Crippen molar-refractivity contribution in [2.24, 2.45) is 0 Å². The maximum absolute atomic E-state index is 14.6. The Morgan fingerprint density at radius 2 is 1.43 bits per heavy atom. The largest absolute Gasteiger partial charge is 0.416 e. The van der Waals surface area contributed by atoms with Crippen LogP contribution in [0.3, 0.4) is 0 Å². The van der Waals surface area contributed by atoms with E-state index < -0.39 is 23.7 Å². The summed E-state index contributed by atoms with van der Waals surface area (Å²) in [5.74, 6) is -0.553. The van der Waals surface area contributed by atoms with E-state index in [2.05, 4.69) is 41.9 Å². The van der Waals surface area contributed by atoms with Gasteiger partial charge in [-0.05, 0) is 66.4 Å². The summed E-state index contributed by atoms with van der Waals surface area (Å²) in [5, 5.41) is 0. The molecule has 9 heteroatoms. The Hall–Kier alpha value is -5.54. The predicted molar refractivity (Wildman–Crippen MR) is 202 cm³/mol. The summed E-state index contributed by atoms with van der Waals surface area (Å²) >= 11 is 0. The summed E-state index contributed by atoms with van der Waals surface area (Å²) in [5.41, 5.74) is 6.85. The second kappa shape index (κ2) is 16.9. The molecular formula is C44H43F3N4O2. The maximum atomic E-state index is 14.6. The van der Waals surface area contributed by atoms with Crippen LogP contribution in [-0.2, 0) is 35.3 Å². The van der Waals surface area contributed by atoms with E-state index in [-0.39, 0.29) is 12.5 Å². The second-order valence-corrected chi connectivity index (χ2v) is 13.6. The van der Waals surface area contributed by atoms with Crippen molar-refractivity contribution in [1.29, 1.82) is 0 Å². The third-order valence-corrected chi connectivity index (χ3v) is 9.51. The van der Waals surface area contributed by atoms with E-state index in [1.807, 2.05) is 77.7 Å². The summed E-state index contributed by atoms with van der Waals surface area (Å²) in [6.07, 6.45) is 0.411. The van der Waals surface area contributed by atoms with Gasteiger partial charge in [-0.2, -0.15) is 13.2 Å². The van der Waals surface area contributed by atoms with Gasteiger partial charge in [0.05, 0.1) is 11.3 Å². The summed E-state index contributed by atoms with van der Waals surface area (Å²) in [7, 11) is 0. The molecular weight excluding hydrogens is 674 g/mol. The Labute approximate surface area is 309 Å². The van der Waals surface area contributed by atoms with Crippen molar-refractivity contribution in [3.05, 3.63) is 166 Å². The summed E-state index contributed by atoms with van der Waals surface area (Å²) in [4.78, 5) is 39.1. The number of hydrogen-bond acceptors (Lipinski definition) is 4. The number of rotatable bonds is 11. The van der Waals surface area contributed by atoms with E-state index in [1.165, 1.54) is 41.0 Å². The minimum atomic E-state index is -4.46. The van der Waals surface area contributed by atoms with Crippen molar-refractivity contribution >= 4 is 17.9 Å². The first kappa shape index (κ1) is 37.2. The highest BCUT2D eigenvalue weighted by Crippen LogP contribution is 2.29. The first-order valence-electron chi connectivity index (χ1n) is 17.8. The highest BCUT2D eigenvalue weighted by atomic mass is 19.4. The lowest BCUT2D eigenvalue weighted by atomic mass is 10.0. The Kier molecular flexibility index (Phi) is 11.8. The standard InChI is InChI=1S/C44H43F3N4O2/c1-32-26-33(2)28-37(27-32)30-49-22-24-50(25-23-49)43(53)41(29-35-8-4-3-5-9-35)51(31-36-11-16-38(17-12-36)40-10-6-7-21-48-40)42(52)20-15-34-13-18-39(19-14-34)44(45,46)47/h3-21,26-28,41H,22-25,29-31H2,1-2H3/b20-15+/t41-/m0/s1. The number of aryl methyl sites for hydroxylation is 2.